The molecule has 2 nitrogen and oxygen atoms in total. The van der Waals surface area contributed by atoms with Crippen molar-refractivity contribution in [3.05, 3.63) is 29.6 Å². The van der Waals surface area contributed by atoms with Crippen LogP contribution in [0.2, 0.25) is 0 Å². The highest BCUT2D eigenvalue weighted by atomic mass is 14.9. The Bertz CT molecular complexity index is 354. The van der Waals surface area contributed by atoms with Crippen molar-refractivity contribution in [2.75, 3.05) is 7.05 Å². The maximum Gasteiger partial charge on any atom is 0.0437 e. The summed E-state index contributed by atoms with van der Waals surface area (Å²) in [7, 11) is 2.07. The molecule has 1 aromatic rings. The third-order valence-corrected chi connectivity index (χ3v) is 4.29. The number of nitrogens with one attached hydrogen (secondary N) is 1. The molecule has 0 bridgehead atoms. The minimum atomic E-state index is 0.654. The fourth-order valence-electron chi connectivity index (χ4n) is 2.93. The first-order valence-electron chi connectivity index (χ1n) is 6.80. The summed E-state index contributed by atoms with van der Waals surface area (Å²) in [5.41, 5.74) is 2.64. The minimum absolute atomic E-state index is 0.654. The average Bonchev–Trinajstić information content (AvgIpc) is 2.38. The molecule has 1 aliphatic rings. The zero-order valence-electron chi connectivity index (χ0n) is 11.2. The number of nitrogens with zero attached hydrogens (tertiary/aromatic N) is 1. The standard InChI is InChI=1S/C15H24N2/c1-11-8-9-17-15(10-11)14-6-4-13(5-7-14)12(2)16-3/h8-10,12-14,16H,4-7H2,1-3H3. The van der Waals surface area contributed by atoms with Gasteiger partial charge in [-0.3, -0.25) is 4.98 Å². The molecule has 0 radical (unpaired) electrons. The zero-order valence-corrected chi connectivity index (χ0v) is 11.2. The van der Waals surface area contributed by atoms with Crippen molar-refractivity contribution < 1.29 is 0 Å². The van der Waals surface area contributed by atoms with Gasteiger partial charge in [0.2, 0.25) is 0 Å². The number of aromatic nitrogens is 1. The number of hydrogen-bond acceptors (Lipinski definition) is 2. The van der Waals surface area contributed by atoms with Gasteiger partial charge in [0.15, 0.2) is 0 Å². The van der Waals surface area contributed by atoms with Crippen molar-refractivity contribution in [1.29, 1.82) is 0 Å². The van der Waals surface area contributed by atoms with E-state index in [1.165, 1.54) is 36.9 Å². The normalized spacial score (nSPS) is 26.8. The van der Waals surface area contributed by atoms with Crippen molar-refractivity contribution in [3.8, 4) is 0 Å². The minimum Gasteiger partial charge on any atom is -0.317 e. The van der Waals surface area contributed by atoms with Crippen molar-refractivity contribution in [3.63, 3.8) is 0 Å². The first kappa shape index (κ1) is 12.6. The molecule has 94 valence electrons. The van der Waals surface area contributed by atoms with Crippen LogP contribution < -0.4 is 5.32 Å². The Morgan fingerprint density at radius 1 is 1.29 bits per heavy atom. The Morgan fingerprint density at radius 2 is 2.00 bits per heavy atom. The fraction of sp³-hybridized carbons (Fsp3) is 0.667. The van der Waals surface area contributed by atoms with E-state index in [0.29, 0.717) is 12.0 Å². The molecule has 0 aromatic carbocycles. The van der Waals surface area contributed by atoms with Gasteiger partial charge in [-0.1, -0.05) is 0 Å². The van der Waals surface area contributed by atoms with Crippen molar-refractivity contribution in [1.82, 2.24) is 10.3 Å². The van der Waals surface area contributed by atoms with Gasteiger partial charge in [0.25, 0.3) is 0 Å². The molecule has 1 N–H and O–H groups in total. The van der Waals surface area contributed by atoms with Crippen LogP contribution in [0.25, 0.3) is 0 Å². The van der Waals surface area contributed by atoms with Crippen LogP contribution in [0.3, 0.4) is 0 Å². The van der Waals surface area contributed by atoms with Crippen LogP contribution in [0.1, 0.15) is 49.8 Å². The lowest BCUT2D eigenvalue weighted by Gasteiger charge is -2.32. The van der Waals surface area contributed by atoms with Crippen LogP contribution in [-0.2, 0) is 0 Å². The second kappa shape index (κ2) is 5.63. The second-order valence-electron chi connectivity index (χ2n) is 5.45. The third-order valence-electron chi connectivity index (χ3n) is 4.29. The smallest absolute Gasteiger partial charge is 0.0437 e. The molecule has 0 amide bonds. The topological polar surface area (TPSA) is 24.9 Å². The maximum atomic E-state index is 4.54. The molecule has 0 spiro atoms. The monoisotopic (exact) mass is 232 g/mol. The lowest BCUT2D eigenvalue weighted by molar-refractivity contribution is 0.268. The van der Waals surface area contributed by atoms with Gasteiger partial charge in [0, 0.05) is 23.9 Å². The molecule has 0 aliphatic heterocycles. The SMILES string of the molecule is CNC(C)C1CCC(c2cc(C)ccn2)CC1. The summed E-state index contributed by atoms with van der Waals surface area (Å²) in [6.07, 6.45) is 7.22. The Kier molecular flexibility index (Phi) is 4.16. The summed E-state index contributed by atoms with van der Waals surface area (Å²) in [4.78, 5) is 4.54. The van der Waals surface area contributed by atoms with Gasteiger partial charge in [0.1, 0.15) is 0 Å². The summed E-state index contributed by atoms with van der Waals surface area (Å²) in [5, 5.41) is 3.38. The summed E-state index contributed by atoms with van der Waals surface area (Å²) in [5.74, 6) is 1.54. The lowest BCUT2D eigenvalue weighted by Crippen LogP contribution is -2.32. The quantitative estimate of drug-likeness (QED) is 0.865. The Balaban J connectivity index is 1.95. The summed E-state index contributed by atoms with van der Waals surface area (Å²) >= 11 is 0. The highest BCUT2D eigenvalue weighted by Crippen LogP contribution is 2.36. The molecule has 17 heavy (non-hydrogen) atoms. The summed E-state index contributed by atoms with van der Waals surface area (Å²) in [6, 6.07) is 4.99. The lowest BCUT2D eigenvalue weighted by atomic mass is 9.77. The van der Waals surface area contributed by atoms with E-state index in [1.807, 2.05) is 6.20 Å². The molecule has 1 fully saturated rings. The molecule has 1 saturated carbocycles. The van der Waals surface area contributed by atoms with E-state index in [-0.39, 0.29) is 0 Å². The molecular weight excluding hydrogens is 208 g/mol. The van der Waals surface area contributed by atoms with Gasteiger partial charge < -0.3 is 5.32 Å². The van der Waals surface area contributed by atoms with Gasteiger partial charge in [-0.15, -0.1) is 0 Å². The van der Waals surface area contributed by atoms with E-state index in [2.05, 4.69) is 43.3 Å². The van der Waals surface area contributed by atoms with E-state index in [9.17, 15) is 0 Å². The second-order valence-corrected chi connectivity index (χ2v) is 5.45. The number of hydrogen-bond donors (Lipinski definition) is 1. The highest BCUT2D eigenvalue weighted by molar-refractivity contribution is 5.18. The molecule has 1 unspecified atom stereocenters. The first-order chi connectivity index (χ1) is 8.20. The van der Waals surface area contributed by atoms with Crippen molar-refractivity contribution in [2.45, 2.75) is 51.5 Å². The molecule has 2 heteroatoms. The van der Waals surface area contributed by atoms with Crippen LogP contribution in [-0.4, -0.2) is 18.1 Å². The van der Waals surface area contributed by atoms with Gasteiger partial charge in [-0.25, -0.2) is 0 Å². The number of pyridine rings is 1. The first-order valence-corrected chi connectivity index (χ1v) is 6.80. The Labute approximate surface area is 105 Å². The zero-order chi connectivity index (χ0) is 12.3. The Hall–Kier alpha value is -0.890. The van der Waals surface area contributed by atoms with Crippen molar-refractivity contribution in [2.24, 2.45) is 5.92 Å². The largest absolute Gasteiger partial charge is 0.317 e. The van der Waals surface area contributed by atoms with Gasteiger partial charge in [-0.05, 0) is 70.2 Å². The predicted molar refractivity (Wildman–Crippen MR) is 72.2 cm³/mol. The van der Waals surface area contributed by atoms with Gasteiger partial charge in [0.05, 0.1) is 0 Å². The molecular formula is C15H24N2. The number of aryl methyl sites for hydroxylation is 1. The van der Waals surface area contributed by atoms with Gasteiger partial charge >= 0.3 is 0 Å². The van der Waals surface area contributed by atoms with Gasteiger partial charge in [-0.2, -0.15) is 0 Å². The molecule has 1 aromatic heterocycles. The van der Waals surface area contributed by atoms with Crippen LogP contribution >= 0.6 is 0 Å². The Morgan fingerprint density at radius 3 is 2.59 bits per heavy atom. The summed E-state index contributed by atoms with van der Waals surface area (Å²) in [6.45, 7) is 4.45. The molecule has 1 atom stereocenters. The number of rotatable bonds is 3. The van der Waals surface area contributed by atoms with E-state index in [0.717, 1.165) is 5.92 Å². The van der Waals surface area contributed by atoms with E-state index in [4.69, 9.17) is 0 Å². The van der Waals surface area contributed by atoms with Crippen LogP contribution in [0, 0.1) is 12.8 Å². The maximum absolute atomic E-state index is 4.54. The fourth-order valence-corrected chi connectivity index (χ4v) is 2.93. The van der Waals surface area contributed by atoms with Crippen LogP contribution in [0.15, 0.2) is 18.3 Å². The third kappa shape index (κ3) is 3.06. The van der Waals surface area contributed by atoms with Crippen LogP contribution in [0.5, 0.6) is 0 Å². The molecule has 1 aliphatic carbocycles. The predicted octanol–water partition coefficient (Wildman–Crippen LogP) is 3.27. The van der Waals surface area contributed by atoms with E-state index >= 15 is 0 Å². The van der Waals surface area contributed by atoms with E-state index < -0.39 is 0 Å². The summed E-state index contributed by atoms with van der Waals surface area (Å²) < 4.78 is 0. The molecule has 2 rings (SSSR count). The average molecular weight is 232 g/mol. The van der Waals surface area contributed by atoms with E-state index in [1.54, 1.807) is 0 Å². The molecule has 1 heterocycles. The highest BCUT2D eigenvalue weighted by Gasteiger charge is 2.25. The molecule has 0 saturated heterocycles. The van der Waals surface area contributed by atoms with Crippen LogP contribution in [0.4, 0.5) is 0 Å². The van der Waals surface area contributed by atoms with Crippen molar-refractivity contribution >= 4 is 0 Å².